The van der Waals surface area contributed by atoms with E-state index in [1.807, 2.05) is 6.92 Å². The number of hydrogen-bond donors (Lipinski definition) is 1. The third-order valence-corrected chi connectivity index (χ3v) is 6.05. The smallest absolute Gasteiger partial charge is 0.154 e. The van der Waals surface area contributed by atoms with E-state index >= 15 is 0 Å². The number of benzene rings is 1. The molecule has 0 fully saturated rings. The normalized spacial score (nSPS) is 14.1. The zero-order valence-electron chi connectivity index (χ0n) is 12.5. The van der Waals surface area contributed by atoms with Crippen molar-refractivity contribution in [3.63, 3.8) is 0 Å². The highest BCUT2D eigenvalue weighted by molar-refractivity contribution is 7.92. The van der Waals surface area contributed by atoms with Gasteiger partial charge in [0.25, 0.3) is 0 Å². The van der Waals surface area contributed by atoms with Crippen LogP contribution in [0.3, 0.4) is 0 Å². The van der Waals surface area contributed by atoms with E-state index in [9.17, 15) is 8.42 Å². The lowest BCUT2D eigenvalue weighted by Gasteiger charge is -2.34. The molecule has 1 unspecified atom stereocenters. The van der Waals surface area contributed by atoms with Gasteiger partial charge in [0.1, 0.15) is 5.75 Å². The van der Waals surface area contributed by atoms with Crippen molar-refractivity contribution in [1.82, 2.24) is 5.32 Å². The molecule has 0 aliphatic rings. The molecule has 0 aliphatic heterocycles. The third-order valence-electron chi connectivity index (χ3n) is 3.58. The van der Waals surface area contributed by atoms with Crippen LogP contribution in [0.1, 0.15) is 32.4 Å². The molecule has 0 spiro atoms. The molecule has 0 saturated heterocycles. The minimum absolute atomic E-state index is 0.388. The van der Waals surface area contributed by atoms with Gasteiger partial charge in [-0.3, -0.25) is 0 Å². The molecular formula is C14H22ClNO3S. The summed E-state index contributed by atoms with van der Waals surface area (Å²) in [6, 6.07) is 4.89. The van der Waals surface area contributed by atoms with E-state index < -0.39 is 14.6 Å². The lowest BCUT2D eigenvalue weighted by Crippen LogP contribution is -2.45. The molecule has 1 aromatic rings. The number of halogens is 1. The molecule has 0 amide bonds. The summed E-state index contributed by atoms with van der Waals surface area (Å²) >= 11 is 6.28. The maximum atomic E-state index is 12.1. The molecule has 0 aliphatic carbocycles. The van der Waals surface area contributed by atoms with Gasteiger partial charge in [-0.05, 0) is 38.1 Å². The molecule has 1 atom stereocenters. The lowest BCUT2D eigenvalue weighted by atomic mass is 9.95. The summed E-state index contributed by atoms with van der Waals surface area (Å²) in [4.78, 5) is 0. The summed E-state index contributed by atoms with van der Waals surface area (Å²) < 4.78 is 28.3. The zero-order valence-corrected chi connectivity index (χ0v) is 14.1. The van der Waals surface area contributed by atoms with Gasteiger partial charge in [0.05, 0.1) is 17.9 Å². The summed E-state index contributed by atoms with van der Waals surface area (Å²) in [5.41, 5.74) is 0.754. The second-order valence-electron chi connectivity index (χ2n) is 5.25. The third kappa shape index (κ3) is 3.45. The van der Waals surface area contributed by atoms with Gasteiger partial charge in [-0.2, -0.15) is 0 Å². The summed E-state index contributed by atoms with van der Waals surface area (Å²) in [6.07, 6.45) is 1.24. The highest BCUT2D eigenvalue weighted by Crippen LogP contribution is 2.37. The van der Waals surface area contributed by atoms with Crippen LogP contribution >= 0.6 is 11.6 Å². The highest BCUT2D eigenvalue weighted by atomic mass is 35.5. The standard InChI is InChI=1S/C14H22ClNO3S/c1-6-16-13(14(2,3)20(5,17)18)11-8-7-10(19-4)9-12(11)15/h7-9,13,16H,6H2,1-5H3. The Morgan fingerprint density at radius 3 is 2.40 bits per heavy atom. The molecule has 1 aromatic carbocycles. The van der Waals surface area contributed by atoms with Gasteiger partial charge < -0.3 is 10.1 Å². The maximum Gasteiger partial charge on any atom is 0.154 e. The van der Waals surface area contributed by atoms with Crippen molar-refractivity contribution in [3.05, 3.63) is 28.8 Å². The fraction of sp³-hybridized carbons (Fsp3) is 0.571. The Balaban J connectivity index is 3.35. The number of methoxy groups -OCH3 is 1. The van der Waals surface area contributed by atoms with E-state index in [4.69, 9.17) is 16.3 Å². The first-order valence-electron chi connectivity index (χ1n) is 6.41. The van der Waals surface area contributed by atoms with E-state index in [0.717, 1.165) is 5.56 Å². The Hall–Kier alpha value is -0.780. The molecule has 0 bridgehead atoms. The maximum absolute atomic E-state index is 12.1. The van der Waals surface area contributed by atoms with Crippen LogP contribution in [-0.4, -0.2) is 33.1 Å². The topological polar surface area (TPSA) is 55.4 Å². The van der Waals surface area contributed by atoms with Crippen LogP contribution in [0.15, 0.2) is 18.2 Å². The van der Waals surface area contributed by atoms with Crippen LogP contribution in [0.4, 0.5) is 0 Å². The molecule has 6 heteroatoms. The Morgan fingerprint density at radius 1 is 1.40 bits per heavy atom. The van der Waals surface area contributed by atoms with E-state index in [0.29, 0.717) is 17.3 Å². The Labute approximate surface area is 126 Å². The molecule has 0 radical (unpaired) electrons. The number of nitrogens with one attached hydrogen (secondary N) is 1. The van der Waals surface area contributed by atoms with Gasteiger partial charge in [0.15, 0.2) is 9.84 Å². The fourth-order valence-electron chi connectivity index (χ4n) is 2.02. The molecule has 20 heavy (non-hydrogen) atoms. The first-order valence-corrected chi connectivity index (χ1v) is 8.68. The number of rotatable bonds is 6. The number of hydrogen-bond acceptors (Lipinski definition) is 4. The molecule has 4 nitrogen and oxygen atoms in total. The number of sulfone groups is 1. The largest absolute Gasteiger partial charge is 0.497 e. The van der Waals surface area contributed by atoms with Crippen molar-refractivity contribution in [3.8, 4) is 5.75 Å². The van der Waals surface area contributed by atoms with Crippen LogP contribution in [0.2, 0.25) is 5.02 Å². The molecule has 0 heterocycles. The molecule has 1 rings (SSSR count). The van der Waals surface area contributed by atoms with E-state index in [2.05, 4.69) is 5.32 Å². The van der Waals surface area contributed by atoms with Gasteiger partial charge >= 0.3 is 0 Å². The van der Waals surface area contributed by atoms with Gasteiger partial charge in [-0.25, -0.2) is 8.42 Å². The SMILES string of the molecule is CCNC(c1ccc(OC)cc1Cl)C(C)(C)S(C)(=O)=O. The molecule has 0 aromatic heterocycles. The molecular weight excluding hydrogens is 298 g/mol. The van der Waals surface area contributed by atoms with Gasteiger partial charge in [-0.1, -0.05) is 24.6 Å². The van der Waals surface area contributed by atoms with E-state index in [1.54, 1.807) is 39.2 Å². The average Bonchev–Trinajstić information content (AvgIpc) is 2.34. The molecule has 1 N–H and O–H groups in total. The summed E-state index contributed by atoms with van der Waals surface area (Å²) in [5.74, 6) is 0.645. The minimum Gasteiger partial charge on any atom is -0.497 e. The van der Waals surface area contributed by atoms with Crippen molar-refractivity contribution in [2.45, 2.75) is 31.6 Å². The van der Waals surface area contributed by atoms with Crippen LogP contribution in [0.25, 0.3) is 0 Å². The van der Waals surface area contributed by atoms with Crippen molar-refractivity contribution < 1.29 is 13.2 Å². The predicted molar refractivity (Wildman–Crippen MR) is 83.3 cm³/mol. The van der Waals surface area contributed by atoms with Crippen molar-refractivity contribution in [2.24, 2.45) is 0 Å². The van der Waals surface area contributed by atoms with Crippen LogP contribution < -0.4 is 10.1 Å². The van der Waals surface area contributed by atoms with Gasteiger partial charge in [-0.15, -0.1) is 0 Å². The van der Waals surface area contributed by atoms with Crippen molar-refractivity contribution in [2.75, 3.05) is 19.9 Å². The minimum atomic E-state index is -3.26. The zero-order chi connectivity index (χ0) is 15.6. The second-order valence-corrected chi connectivity index (χ2v) is 8.26. The lowest BCUT2D eigenvalue weighted by molar-refractivity contribution is 0.411. The quantitative estimate of drug-likeness (QED) is 0.876. The molecule has 0 saturated carbocycles. The summed E-state index contributed by atoms with van der Waals surface area (Å²) in [7, 11) is -1.69. The number of ether oxygens (including phenoxy) is 1. The first kappa shape index (κ1) is 17.3. The van der Waals surface area contributed by atoms with Crippen LogP contribution in [0, 0.1) is 0 Å². The first-order chi connectivity index (χ1) is 9.15. The van der Waals surface area contributed by atoms with Crippen LogP contribution in [-0.2, 0) is 9.84 Å². The Kier molecular flexibility index (Phi) is 5.46. The van der Waals surface area contributed by atoms with Crippen LogP contribution in [0.5, 0.6) is 5.75 Å². The van der Waals surface area contributed by atoms with Crippen molar-refractivity contribution >= 4 is 21.4 Å². The Morgan fingerprint density at radius 2 is 2.00 bits per heavy atom. The average molecular weight is 320 g/mol. The monoisotopic (exact) mass is 319 g/mol. The van der Waals surface area contributed by atoms with Gasteiger partial charge in [0, 0.05) is 11.3 Å². The Bertz CT molecular complexity index is 570. The summed E-state index contributed by atoms with van der Waals surface area (Å²) in [6.45, 7) is 5.99. The van der Waals surface area contributed by atoms with Gasteiger partial charge in [0.2, 0.25) is 0 Å². The van der Waals surface area contributed by atoms with E-state index in [-0.39, 0.29) is 6.04 Å². The van der Waals surface area contributed by atoms with E-state index in [1.165, 1.54) is 6.26 Å². The fourth-order valence-corrected chi connectivity index (χ4v) is 2.94. The summed E-state index contributed by atoms with van der Waals surface area (Å²) in [5, 5.41) is 3.71. The molecule has 114 valence electrons. The van der Waals surface area contributed by atoms with Crippen molar-refractivity contribution in [1.29, 1.82) is 0 Å². The highest BCUT2D eigenvalue weighted by Gasteiger charge is 2.40. The second kappa shape index (κ2) is 6.33. The predicted octanol–water partition coefficient (Wildman–Crippen LogP) is 2.82.